The molecule has 0 fully saturated rings. The second-order valence-electron chi connectivity index (χ2n) is 7.87. The van der Waals surface area contributed by atoms with E-state index in [1.54, 1.807) is 12.1 Å². The van der Waals surface area contributed by atoms with E-state index in [1.165, 1.54) is 50.5 Å². The first-order valence-corrected chi connectivity index (χ1v) is 9.14. The number of hydrogen-bond acceptors (Lipinski definition) is 1. The molecule has 0 spiro atoms. The molecule has 0 saturated heterocycles. The van der Waals surface area contributed by atoms with Crippen LogP contribution in [0.2, 0.25) is 0 Å². The van der Waals surface area contributed by atoms with Crippen LogP contribution in [0.5, 0.6) is 5.75 Å². The fourth-order valence-electron chi connectivity index (χ4n) is 3.11. The molecule has 1 nitrogen and oxygen atoms in total. The van der Waals surface area contributed by atoms with E-state index in [-0.39, 0.29) is 5.41 Å². The molecule has 1 rings (SSSR count). The maximum absolute atomic E-state index is 9.41. The molecule has 2 atom stereocenters. The van der Waals surface area contributed by atoms with Crippen molar-refractivity contribution in [2.75, 3.05) is 0 Å². The topological polar surface area (TPSA) is 20.2 Å². The van der Waals surface area contributed by atoms with Gasteiger partial charge in [-0.1, -0.05) is 85.3 Å². The molecule has 0 aliphatic rings. The van der Waals surface area contributed by atoms with Gasteiger partial charge in [-0.3, -0.25) is 0 Å². The Labute approximate surface area is 138 Å². The maximum atomic E-state index is 9.41. The minimum Gasteiger partial charge on any atom is -0.508 e. The quantitative estimate of drug-likeness (QED) is 0.510. The van der Waals surface area contributed by atoms with Crippen molar-refractivity contribution in [1.82, 2.24) is 0 Å². The smallest absolute Gasteiger partial charge is 0.115 e. The molecule has 0 bridgehead atoms. The first-order chi connectivity index (χ1) is 10.3. The van der Waals surface area contributed by atoms with Gasteiger partial charge in [-0.05, 0) is 41.4 Å². The lowest BCUT2D eigenvalue weighted by molar-refractivity contribution is 0.379. The molecule has 0 saturated carbocycles. The predicted molar refractivity (Wildman–Crippen MR) is 97.5 cm³/mol. The lowest BCUT2D eigenvalue weighted by atomic mass is 9.79. The van der Waals surface area contributed by atoms with Gasteiger partial charge in [0.25, 0.3) is 0 Å². The van der Waals surface area contributed by atoms with Crippen molar-refractivity contribution in [2.45, 2.75) is 85.0 Å². The zero-order valence-corrected chi connectivity index (χ0v) is 15.4. The average molecular weight is 305 g/mol. The van der Waals surface area contributed by atoms with E-state index in [0.29, 0.717) is 5.75 Å². The van der Waals surface area contributed by atoms with Gasteiger partial charge in [-0.2, -0.15) is 0 Å². The molecule has 1 heteroatoms. The highest BCUT2D eigenvalue weighted by Gasteiger charge is 2.20. The molecule has 0 aliphatic heterocycles. The van der Waals surface area contributed by atoms with Crippen LogP contribution in [0, 0.1) is 11.8 Å². The van der Waals surface area contributed by atoms with Gasteiger partial charge in [0.15, 0.2) is 0 Å². The van der Waals surface area contributed by atoms with E-state index in [1.807, 2.05) is 0 Å². The Hall–Kier alpha value is -0.980. The molecular formula is C21H36O. The molecule has 0 radical (unpaired) electrons. The highest BCUT2D eigenvalue weighted by atomic mass is 16.3. The van der Waals surface area contributed by atoms with Crippen LogP contribution >= 0.6 is 0 Å². The standard InChI is InChI=1S/C21H36O/c1-6-17(2)9-7-10-18(3)11-8-16-21(4,5)19-12-14-20(22)15-13-19/h12-15,17-18,22H,6-11,16H2,1-5H3. The Kier molecular flexibility index (Phi) is 8.00. The number of hydrogen-bond donors (Lipinski definition) is 1. The molecule has 0 aliphatic carbocycles. The van der Waals surface area contributed by atoms with Crippen molar-refractivity contribution >= 4 is 0 Å². The molecule has 1 aromatic carbocycles. The third kappa shape index (κ3) is 6.85. The fraction of sp³-hybridized carbons (Fsp3) is 0.714. The third-order valence-corrected chi connectivity index (χ3v) is 5.24. The van der Waals surface area contributed by atoms with Gasteiger partial charge in [0.1, 0.15) is 5.75 Å². The van der Waals surface area contributed by atoms with Crippen molar-refractivity contribution in [2.24, 2.45) is 11.8 Å². The second kappa shape index (κ2) is 9.22. The molecular weight excluding hydrogens is 268 g/mol. The van der Waals surface area contributed by atoms with Gasteiger partial charge in [0.05, 0.1) is 0 Å². The van der Waals surface area contributed by atoms with E-state index in [2.05, 4.69) is 46.8 Å². The number of rotatable bonds is 10. The minimum absolute atomic E-state index is 0.199. The van der Waals surface area contributed by atoms with E-state index in [0.717, 1.165) is 11.8 Å². The van der Waals surface area contributed by atoms with Crippen LogP contribution < -0.4 is 0 Å². The van der Waals surface area contributed by atoms with Gasteiger partial charge in [0.2, 0.25) is 0 Å². The summed E-state index contributed by atoms with van der Waals surface area (Å²) in [4.78, 5) is 0. The van der Waals surface area contributed by atoms with Crippen LogP contribution in [-0.2, 0) is 5.41 Å². The highest BCUT2D eigenvalue weighted by Crippen LogP contribution is 2.31. The fourth-order valence-corrected chi connectivity index (χ4v) is 3.11. The summed E-state index contributed by atoms with van der Waals surface area (Å²) in [6, 6.07) is 7.72. The van der Waals surface area contributed by atoms with Gasteiger partial charge in [-0.25, -0.2) is 0 Å². The van der Waals surface area contributed by atoms with Crippen molar-refractivity contribution in [1.29, 1.82) is 0 Å². The van der Waals surface area contributed by atoms with Gasteiger partial charge in [0, 0.05) is 0 Å². The van der Waals surface area contributed by atoms with Gasteiger partial charge >= 0.3 is 0 Å². The first kappa shape index (κ1) is 19.1. The molecule has 0 heterocycles. The predicted octanol–water partition coefficient (Wildman–Crippen LogP) is 6.69. The summed E-state index contributed by atoms with van der Waals surface area (Å²) < 4.78 is 0. The highest BCUT2D eigenvalue weighted by molar-refractivity contribution is 5.30. The van der Waals surface area contributed by atoms with E-state index in [4.69, 9.17) is 0 Å². The summed E-state index contributed by atoms with van der Waals surface area (Å²) in [5, 5.41) is 9.41. The van der Waals surface area contributed by atoms with Gasteiger partial charge < -0.3 is 5.11 Å². The number of phenols is 1. The largest absolute Gasteiger partial charge is 0.508 e. The van der Waals surface area contributed by atoms with E-state index >= 15 is 0 Å². The van der Waals surface area contributed by atoms with Crippen molar-refractivity contribution < 1.29 is 5.11 Å². The van der Waals surface area contributed by atoms with Crippen LogP contribution in [-0.4, -0.2) is 5.11 Å². The normalized spacial score (nSPS) is 14.8. The summed E-state index contributed by atoms with van der Waals surface area (Å²) in [7, 11) is 0. The van der Waals surface area contributed by atoms with Crippen molar-refractivity contribution in [3.63, 3.8) is 0 Å². The van der Waals surface area contributed by atoms with Crippen LogP contribution in [0.4, 0.5) is 0 Å². The zero-order valence-electron chi connectivity index (χ0n) is 15.4. The van der Waals surface area contributed by atoms with Crippen LogP contribution in [0.15, 0.2) is 24.3 Å². The Balaban J connectivity index is 2.28. The Morgan fingerprint density at radius 3 is 2.05 bits per heavy atom. The minimum atomic E-state index is 0.199. The summed E-state index contributed by atoms with van der Waals surface area (Å²) in [6.45, 7) is 11.7. The summed E-state index contributed by atoms with van der Waals surface area (Å²) in [6.07, 6.45) is 9.31. The zero-order chi connectivity index (χ0) is 16.6. The molecule has 0 amide bonds. The van der Waals surface area contributed by atoms with Crippen LogP contribution in [0.1, 0.15) is 85.1 Å². The Morgan fingerprint density at radius 1 is 0.909 bits per heavy atom. The Morgan fingerprint density at radius 2 is 1.45 bits per heavy atom. The SMILES string of the molecule is CCC(C)CCCC(C)CCCC(C)(C)c1ccc(O)cc1. The first-order valence-electron chi connectivity index (χ1n) is 9.14. The summed E-state index contributed by atoms with van der Waals surface area (Å²) >= 11 is 0. The third-order valence-electron chi connectivity index (χ3n) is 5.24. The monoisotopic (exact) mass is 304 g/mol. The molecule has 1 N–H and O–H groups in total. The second-order valence-corrected chi connectivity index (χ2v) is 7.87. The van der Waals surface area contributed by atoms with E-state index < -0.39 is 0 Å². The number of benzene rings is 1. The summed E-state index contributed by atoms with van der Waals surface area (Å²) in [5.74, 6) is 2.09. The average Bonchev–Trinajstić information content (AvgIpc) is 2.47. The number of phenolic OH excluding ortho intramolecular Hbond substituents is 1. The molecule has 126 valence electrons. The molecule has 22 heavy (non-hydrogen) atoms. The Bertz CT molecular complexity index is 404. The van der Waals surface area contributed by atoms with Gasteiger partial charge in [-0.15, -0.1) is 0 Å². The lowest BCUT2D eigenvalue weighted by Gasteiger charge is -2.26. The van der Waals surface area contributed by atoms with Crippen molar-refractivity contribution in [3.05, 3.63) is 29.8 Å². The number of aromatic hydroxyl groups is 1. The van der Waals surface area contributed by atoms with E-state index in [9.17, 15) is 5.11 Å². The van der Waals surface area contributed by atoms with Crippen molar-refractivity contribution in [3.8, 4) is 5.75 Å². The lowest BCUT2D eigenvalue weighted by Crippen LogP contribution is -2.17. The molecule has 1 aromatic rings. The maximum Gasteiger partial charge on any atom is 0.115 e. The molecule has 0 aromatic heterocycles. The summed E-state index contributed by atoms with van der Waals surface area (Å²) in [5.41, 5.74) is 1.53. The molecule has 2 unspecified atom stereocenters. The van der Waals surface area contributed by atoms with Crippen LogP contribution in [0.25, 0.3) is 0 Å². The van der Waals surface area contributed by atoms with Crippen LogP contribution in [0.3, 0.4) is 0 Å².